The molecular weight excluding hydrogens is 489 g/mol. The van der Waals surface area contributed by atoms with Gasteiger partial charge in [0.25, 0.3) is 0 Å². The number of halogens is 3. The van der Waals surface area contributed by atoms with Gasteiger partial charge in [-0.15, -0.1) is 0 Å². The molecule has 0 amide bonds. The number of rotatable bonds is 6. The average Bonchev–Trinajstić information content (AvgIpc) is 3.41. The molecule has 11 heteroatoms. The summed E-state index contributed by atoms with van der Waals surface area (Å²) in [6, 6.07) is 14.1. The number of aromatic amines is 1. The zero-order valence-electron chi connectivity index (χ0n) is 19.0. The van der Waals surface area contributed by atoms with Gasteiger partial charge in [-0.05, 0) is 65.9 Å². The third-order valence-electron chi connectivity index (χ3n) is 5.89. The van der Waals surface area contributed by atoms with Crippen LogP contribution in [0.15, 0.2) is 78.2 Å². The first-order valence-electron chi connectivity index (χ1n) is 11.3. The molecule has 186 valence electrons. The Morgan fingerprint density at radius 1 is 1.00 bits per heavy atom. The van der Waals surface area contributed by atoms with Crippen LogP contribution in [0.25, 0.3) is 22.6 Å². The van der Waals surface area contributed by atoms with E-state index in [0.717, 1.165) is 39.8 Å². The number of benzene rings is 1. The van der Waals surface area contributed by atoms with Gasteiger partial charge in [-0.2, -0.15) is 13.2 Å². The van der Waals surface area contributed by atoms with Crippen LogP contribution in [-0.4, -0.2) is 54.6 Å². The minimum atomic E-state index is -4.42. The fraction of sp³-hybridized carbons (Fsp3) is 0.240. The highest BCUT2D eigenvalue weighted by molar-refractivity contribution is 7.97. The van der Waals surface area contributed by atoms with E-state index in [4.69, 9.17) is 0 Å². The van der Waals surface area contributed by atoms with Crippen LogP contribution in [0.1, 0.15) is 12.0 Å². The maximum atomic E-state index is 12.7. The van der Waals surface area contributed by atoms with Gasteiger partial charge in [0.1, 0.15) is 11.5 Å². The molecule has 1 fully saturated rings. The number of hydrogen-bond acceptors (Lipinski definition) is 7. The van der Waals surface area contributed by atoms with Crippen molar-refractivity contribution in [2.75, 3.05) is 18.4 Å². The largest absolute Gasteiger partial charge is 0.417 e. The summed E-state index contributed by atoms with van der Waals surface area (Å²) in [5, 5.41) is 13.7. The molecule has 3 aromatic heterocycles. The van der Waals surface area contributed by atoms with Gasteiger partial charge in [0.2, 0.25) is 0 Å². The number of hydrogen-bond donors (Lipinski definition) is 3. The molecule has 5 rings (SSSR count). The quantitative estimate of drug-likeness (QED) is 0.310. The maximum absolute atomic E-state index is 12.7. The zero-order valence-corrected chi connectivity index (χ0v) is 19.8. The summed E-state index contributed by atoms with van der Waals surface area (Å²) in [4.78, 5) is 16.6. The molecule has 1 aliphatic heterocycles. The number of aromatic nitrogens is 4. The number of aliphatic hydroxyl groups excluding tert-OH is 1. The molecule has 7 nitrogen and oxygen atoms in total. The van der Waals surface area contributed by atoms with Gasteiger partial charge >= 0.3 is 6.18 Å². The zero-order chi connectivity index (χ0) is 25.1. The molecule has 1 aliphatic rings. The van der Waals surface area contributed by atoms with Crippen LogP contribution in [0.2, 0.25) is 0 Å². The molecule has 0 radical (unpaired) electrons. The molecule has 36 heavy (non-hydrogen) atoms. The van der Waals surface area contributed by atoms with Gasteiger partial charge in [0, 0.05) is 42.8 Å². The molecule has 4 aromatic rings. The van der Waals surface area contributed by atoms with E-state index >= 15 is 0 Å². The Kier molecular flexibility index (Phi) is 6.95. The third kappa shape index (κ3) is 5.69. The number of pyridine rings is 2. The van der Waals surface area contributed by atoms with Crippen molar-refractivity contribution in [3.63, 3.8) is 0 Å². The molecule has 0 aliphatic carbocycles. The van der Waals surface area contributed by atoms with Crippen LogP contribution in [0, 0.1) is 0 Å². The summed E-state index contributed by atoms with van der Waals surface area (Å²) in [5.41, 5.74) is 2.06. The van der Waals surface area contributed by atoms with Crippen molar-refractivity contribution in [2.24, 2.45) is 0 Å². The van der Waals surface area contributed by atoms with Crippen molar-refractivity contribution in [2.45, 2.75) is 29.6 Å². The Labute approximate surface area is 210 Å². The topological polar surface area (TPSA) is 90.0 Å². The van der Waals surface area contributed by atoms with Crippen molar-refractivity contribution >= 4 is 17.8 Å². The average molecular weight is 513 g/mol. The minimum absolute atomic E-state index is 0.288. The Morgan fingerprint density at radius 3 is 2.50 bits per heavy atom. The van der Waals surface area contributed by atoms with Gasteiger partial charge < -0.3 is 15.4 Å². The summed E-state index contributed by atoms with van der Waals surface area (Å²) in [6.07, 6.45) is 1.53. The Morgan fingerprint density at radius 2 is 1.83 bits per heavy atom. The second-order valence-corrected chi connectivity index (χ2v) is 9.58. The lowest BCUT2D eigenvalue weighted by Crippen LogP contribution is -2.47. The van der Waals surface area contributed by atoms with Crippen LogP contribution in [0.3, 0.4) is 0 Å². The Bertz CT molecular complexity index is 1280. The lowest BCUT2D eigenvalue weighted by molar-refractivity contribution is -0.137. The second kappa shape index (κ2) is 10.3. The number of aliphatic hydroxyl groups is 1. The number of β-amino-alcohol motifs (C(OH)–C–C–N with tert-alkyl or cyclic N) is 1. The summed E-state index contributed by atoms with van der Waals surface area (Å²) < 4.78 is 40.3. The highest BCUT2D eigenvalue weighted by Crippen LogP contribution is 2.31. The first-order chi connectivity index (χ1) is 17.3. The predicted octanol–water partition coefficient (Wildman–Crippen LogP) is 5.11. The Balaban J connectivity index is 1.17. The van der Waals surface area contributed by atoms with Crippen LogP contribution in [-0.2, 0) is 6.18 Å². The number of nitrogens with one attached hydrogen (secondary N) is 2. The van der Waals surface area contributed by atoms with Crippen molar-refractivity contribution < 1.29 is 18.3 Å². The first-order valence-corrected chi connectivity index (χ1v) is 12.1. The van der Waals surface area contributed by atoms with Crippen LogP contribution in [0.5, 0.6) is 0 Å². The first kappa shape index (κ1) is 24.3. The molecule has 0 bridgehead atoms. The molecule has 1 saturated heterocycles. The SMILES string of the molecule is OC1CN(Sc2ccc(-c3ccnc(-c4ncc[nH]4)c3)cc2)CCC1Nc1ccc(C(F)(F)F)cn1. The summed E-state index contributed by atoms with van der Waals surface area (Å²) in [6.45, 7) is 1.13. The molecule has 0 saturated carbocycles. The molecule has 2 unspecified atom stereocenters. The van der Waals surface area contributed by atoms with Crippen LogP contribution < -0.4 is 5.32 Å². The molecule has 4 heterocycles. The number of nitrogens with zero attached hydrogens (tertiary/aromatic N) is 4. The molecular formula is C25H23F3N6OS. The lowest BCUT2D eigenvalue weighted by Gasteiger charge is -2.35. The minimum Gasteiger partial charge on any atom is -0.390 e. The molecule has 1 aromatic carbocycles. The van der Waals surface area contributed by atoms with Crippen molar-refractivity contribution in [3.05, 3.63) is 78.9 Å². The smallest absolute Gasteiger partial charge is 0.390 e. The molecule has 3 N–H and O–H groups in total. The second-order valence-electron chi connectivity index (χ2n) is 8.41. The summed E-state index contributed by atoms with van der Waals surface area (Å²) >= 11 is 1.56. The van der Waals surface area contributed by atoms with Gasteiger partial charge in [-0.1, -0.05) is 12.1 Å². The number of H-pyrrole nitrogens is 1. The van der Waals surface area contributed by atoms with Crippen molar-refractivity contribution in [1.29, 1.82) is 0 Å². The highest BCUT2D eigenvalue weighted by Gasteiger charge is 2.31. The molecule has 0 spiro atoms. The van der Waals surface area contributed by atoms with Crippen LogP contribution >= 0.6 is 11.9 Å². The van der Waals surface area contributed by atoms with Crippen LogP contribution in [0.4, 0.5) is 19.0 Å². The van der Waals surface area contributed by atoms with E-state index in [0.29, 0.717) is 25.3 Å². The van der Waals surface area contributed by atoms with E-state index in [1.54, 1.807) is 30.5 Å². The molecule has 2 atom stereocenters. The van der Waals surface area contributed by atoms with E-state index in [2.05, 4.69) is 29.6 Å². The summed E-state index contributed by atoms with van der Waals surface area (Å²) in [7, 11) is 0. The van der Waals surface area contributed by atoms with Gasteiger partial charge in [0.05, 0.1) is 17.7 Å². The normalized spacial score (nSPS) is 18.8. The fourth-order valence-corrected chi connectivity index (χ4v) is 4.97. The maximum Gasteiger partial charge on any atom is 0.417 e. The lowest BCUT2D eigenvalue weighted by atomic mass is 10.0. The highest BCUT2D eigenvalue weighted by atomic mass is 32.2. The van der Waals surface area contributed by atoms with E-state index in [9.17, 15) is 18.3 Å². The van der Waals surface area contributed by atoms with Crippen molar-refractivity contribution in [3.8, 4) is 22.6 Å². The fourth-order valence-electron chi connectivity index (χ4n) is 3.99. The van der Waals surface area contributed by atoms with Gasteiger partial charge in [-0.25, -0.2) is 14.3 Å². The monoisotopic (exact) mass is 512 g/mol. The van der Waals surface area contributed by atoms with E-state index in [1.807, 2.05) is 36.4 Å². The van der Waals surface area contributed by atoms with Gasteiger partial charge in [-0.3, -0.25) is 4.98 Å². The van der Waals surface area contributed by atoms with Gasteiger partial charge in [0.15, 0.2) is 5.82 Å². The predicted molar refractivity (Wildman–Crippen MR) is 132 cm³/mol. The van der Waals surface area contributed by atoms with E-state index in [-0.39, 0.29) is 6.04 Å². The number of piperidine rings is 1. The number of alkyl halides is 3. The van der Waals surface area contributed by atoms with E-state index < -0.39 is 17.8 Å². The van der Waals surface area contributed by atoms with E-state index in [1.165, 1.54) is 6.07 Å². The van der Waals surface area contributed by atoms with Crippen molar-refractivity contribution in [1.82, 2.24) is 24.2 Å². The number of anilines is 1. The Hall–Kier alpha value is -3.41. The third-order valence-corrected chi connectivity index (χ3v) is 6.96. The standard InChI is InChI=1S/C25H23F3N6OS/c26-25(27,28)18-3-6-23(32-14-18)33-20-8-12-34(15-22(20)35)36-19-4-1-16(2-5-19)17-7-9-29-21(13-17)24-30-10-11-31-24/h1-7,9-11,13-14,20,22,35H,8,12,15H2,(H,30,31)(H,32,33). The number of imidazole rings is 1. The summed E-state index contributed by atoms with van der Waals surface area (Å²) in [5.74, 6) is 1.03.